The summed E-state index contributed by atoms with van der Waals surface area (Å²) < 4.78 is 1.20. The van der Waals surface area contributed by atoms with Crippen LogP contribution in [0, 0.1) is 0 Å². The number of benzene rings is 2. The Labute approximate surface area is 134 Å². The first-order valence-corrected chi connectivity index (χ1v) is 8.70. The van der Waals surface area contributed by atoms with Gasteiger partial charge in [0.15, 0.2) is 0 Å². The normalized spacial score (nSPS) is 23.7. The van der Waals surface area contributed by atoms with Crippen LogP contribution in [0.2, 0.25) is 0 Å². The van der Waals surface area contributed by atoms with Gasteiger partial charge in [0.25, 0.3) is 0 Å². The monoisotopic (exact) mass is 341 g/mol. The van der Waals surface area contributed by atoms with Gasteiger partial charge in [-0.25, -0.2) is 0 Å². The van der Waals surface area contributed by atoms with Gasteiger partial charge in [-0.1, -0.05) is 46.3 Å². The van der Waals surface area contributed by atoms with Crippen LogP contribution in [0.15, 0.2) is 46.9 Å². The molecule has 0 bridgehead atoms. The van der Waals surface area contributed by atoms with Crippen molar-refractivity contribution in [1.82, 2.24) is 5.32 Å². The molecule has 4 rings (SSSR count). The van der Waals surface area contributed by atoms with Gasteiger partial charge in [0.1, 0.15) is 0 Å². The second-order valence-corrected chi connectivity index (χ2v) is 7.23. The van der Waals surface area contributed by atoms with E-state index in [1.165, 1.54) is 53.3 Å². The van der Waals surface area contributed by atoms with Crippen molar-refractivity contribution < 1.29 is 0 Å². The van der Waals surface area contributed by atoms with Crippen molar-refractivity contribution in [2.45, 2.75) is 44.2 Å². The fraction of sp³-hybridized carbons (Fsp3) is 0.368. The van der Waals surface area contributed by atoms with Gasteiger partial charge < -0.3 is 5.32 Å². The molecular formula is C19H20BrN. The van der Waals surface area contributed by atoms with Crippen LogP contribution in [0.25, 0.3) is 0 Å². The summed E-state index contributed by atoms with van der Waals surface area (Å²) in [6.07, 6.45) is 6.10. The molecule has 21 heavy (non-hydrogen) atoms. The van der Waals surface area contributed by atoms with Gasteiger partial charge in [0, 0.05) is 16.6 Å². The van der Waals surface area contributed by atoms with E-state index in [-0.39, 0.29) is 0 Å². The number of rotatable bonds is 2. The van der Waals surface area contributed by atoms with Gasteiger partial charge in [-0.3, -0.25) is 0 Å². The van der Waals surface area contributed by atoms with E-state index in [1.54, 1.807) is 5.56 Å². The molecule has 0 fully saturated rings. The predicted octanol–water partition coefficient (Wildman–Crippen LogP) is 4.58. The van der Waals surface area contributed by atoms with Crippen molar-refractivity contribution in [3.63, 3.8) is 0 Å². The largest absolute Gasteiger partial charge is 0.307 e. The molecule has 2 atom stereocenters. The summed E-state index contributed by atoms with van der Waals surface area (Å²) in [7, 11) is 0. The van der Waals surface area contributed by atoms with Crippen molar-refractivity contribution in [2.75, 3.05) is 0 Å². The summed E-state index contributed by atoms with van der Waals surface area (Å²) in [5.74, 6) is 0. The Morgan fingerprint density at radius 2 is 1.71 bits per heavy atom. The van der Waals surface area contributed by atoms with E-state index in [0.717, 1.165) is 0 Å². The van der Waals surface area contributed by atoms with Gasteiger partial charge in [0.2, 0.25) is 0 Å². The Kier molecular flexibility index (Phi) is 3.60. The molecule has 2 aliphatic rings. The van der Waals surface area contributed by atoms with Crippen molar-refractivity contribution >= 4 is 15.9 Å². The highest BCUT2D eigenvalue weighted by Gasteiger charge is 2.26. The molecule has 0 amide bonds. The summed E-state index contributed by atoms with van der Waals surface area (Å²) in [5, 5.41) is 3.92. The number of halogens is 1. The maximum atomic E-state index is 3.92. The molecule has 2 aromatic carbocycles. The minimum absolute atomic E-state index is 0.545. The zero-order valence-electron chi connectivity index (χ0n) is 12.1. The van der Waals surface area contributed by atoms with Crippen LogP contribution < -0.4 is 5.32 Å². The number of hydrogen-bond acceptors (Lipinski definition) is 1. The Bertz CT molecular complexity index is 664. The zero-order chi connectivity index (χ0) is 14.2. The van der Waals surface area contributed by atoms with E-state index in [2.05, 4.69) is 63.7 Å². The molecule has 1 N–H and O–H groups in total. The second-order valence-electron chi connectivity index (χ2n) is 6.31. The van der Waals surface area contributed by atoms with Gasteiger partial charge in [-0.2, -0.15) is 0 Å². The maximum Gasteiger partial charge on any atom is 0.0328 e. The van der Waals surface area contributed by atoms with E-state index in [9.17, 15) is 0 Å². The molecular weight excluding hydrogens is 322 g/mol. The maximum absolute atomic E-state index is 3.92. The third-order valence-corrected chi connectivity index (χ3v) is 5.46. The van der Waals surface area contributed by atoms with Gasteiger partial charge in [-0.15, -0.1) is 0 Å². The first kappa shape index (κ1) is 13.5. The smallest absolute Gasteiger partial charge is 0.0328 e. The molecule has 0 aliphatic heterocycles. The lowest BCUT2D eigenvalue weighted by Gasteiger charge is -2.28. The second kappa shape index (κ2) is 5.58. The topological polar surface area (TPSA) is 12.0 Å². The standard InChI is InChI=1S/C19H20BrN/c20-16-7-9-18-15(11-16)6-10-19(18)21-17-8-5-13-3-1-2-4-14(13)12-17/h1-4,7,9,11,17,19,21H,5-6,8,10,12H2. The van der Waals surface area contributed by atoms with Crippen LogP contribution in [0.3, 0.4) is 0 Å². The van der Waals surface area contributed by atoms with Crippen LogP contribution in [-0.4, -0.2) is 6.04 Å². The number of nitrogens with one attached hydrogen (secondary N) is 1. The molecule has 2 unspecified atom stereocenters. The lowest BCUT2D eigenvalue weighted by molar-refractivity contribution is 0.397. The van der Waals surface area contributed by atoms with Crippen molar-refractivity contribution in [2.24, 2.45) is 0 Å². The van der Waals surface area contributed by atoms with Crippen LogP contribution in [0.1, 0.15) is 41.1 Å². The average Bonchev–Trinajstić information content (AvgIpc) is 2.89. The summed E-state index contributed by atoms with van der Waals surface area (Å²) in [6.45, 7) is 0. The Balaban J connectivity index is 1.49. The quantitative estimate of drug-likeness (QED) is 0.842. The first-order valence-electron chi connectivity index (χ1n) is 7.91. The van der Waals surface area contributed by atoms with Crippen molar-refractivity contribution in [1.29, 1.82) is 0 Å². The highest BCUT2D eigenvalue weighted by atomic mass is 79.9. The molecule has 1 nitrogen and oxygen atoms in total. The molecule has 2 aromatic rings. The summed E-state index contributed by atoms with van der Waals surface area (Å²) in [5.41, 5.74) is 6.11. The highest BCUT2D eigenvalue weighted by molar-refractivity contribution is 9.10. The summed E-state index contributed by atoms with van der Waals surface area (Å²) in [6, 6.07) is 16.8. The molecule has 0 heterocycles. The summed E-state index contributed by atoms with van der Waals surface area (Å²) >= 11 is 3.58. The van der Waals surface area contributed by atoms with E-state index in [1.807, 2.05) is 0 Å². The van der Waals surface area contributed by atoms with Crippen LogP contribution in [-0.2, 0) is 19.3 Å². The highest BCUT2D eigenvalue weighted by Crippen LogP contribution is 2.34. The number of hydrogen-bond donors (Lipinski definition) is 1. The number of aryl methyl sites for hydroxylation is 2. The van der Waals surface area contributed by atoms with Crippen LogP contribution in [0.4, 0.5) is 0 Å². The molecule has 2 heteroatoms. The predicted molar refractivity (Wildman–Crippen MR) is 90.6 cm³/mol. The zero-order valence-corrected chi connectivity index (χ0v) is 13.7. The van der Waals surface area contributed by atoms with Gasteiger partial charge in [0.05, 0.1) is 0 Å². The Morgan fingerprint density at radius 1 is 0.905 bits per heavy atom. The lowest BCUT2D eigenvalue weighted by atomic mass is 9.88. The first-order chi connectivity index (χ1) is 10.3. The minimum Gasteiger partial charge on any atom is -0.307 e. The van der Waals surface area contributed by atoms with Crippen LogP contribution in [0.5, 0.6) is 0 Å². The van der Waals surface area contributed by atoms with E-state index in [0.29, 0.717) is 12.1 Å². The van der Waals surface area contributed by atoms with Gasteiger partial charge in [-0.05, 0) is 66.5 Å². The van der Waals surface area contributed by atoms with Crippen molar-refractivity contribution in [3.8, 4) is 0 Å². The summed E-state index contributed by atoms with van der Waals surface area (Å²) in [4.78, 5) is 0. The van der Waals surface area contributed by atoms with E-state index in [4.69, 9.17) is 0 Å². The van der Waals surface area contributed by atoms with Crippen LogP contribution >= 0.6 is 15.9 Å². The van der Waals surface area contributed by atoms with Crippen molar-refractivity contribution in [3.05, 3.63) is 69.2 Å². The molecule has 0 saturated heterocycles. The fourth-order valence-corrected chi connectivity index (χ4v) is 4.29. The Hall–Kier alpha value is -1.12. The molecule has 0 saturated carbocycles. The minimum atomic E-state index is 0.545. The molecule has 0 aromatic heterocycles. The molecule has 0 radical (unpaired) electrons. The van der Waals surface area contributed by atoms with E-state index >= 15 is 0 Å². The fourth-order valence-electron chi connectivity index (χ4n) is 3.88. The SMILES string of the molecule is Brc1ccc2c(c1)CCC2NC1CCc2ccccc2C1. The Morgan fingerprint density at radius 3 is 2.62 bits per heavy atom. The lowest BCUT2D eigenvalue weighted by Crippen LogP contribution is -2.36. The molecule has 0 spiro atoms. The number of fused-ring (bicyclic) bond motifs is 2. The van der Waals surface area contributed by atoms with Gasteiger partial charge >= 0.3 is 0 Å². The van der Waals surface area contributed by atoms with E-state index < -0.39 is 0 Å². The molecule has 108 valence electrons. The third kappa shape index (κ3) is 2.67. The third-order valence-electron chi connectivity index (χ3n) is 4.97. The molecule has 2 aliphatic carbocycles. The average molecular weight is 342 g/mol.